The van der Waals surface area contributed by atoms with Crippen LogP contribution in [0.15, 0.2) is 34.9 Å². The molecule has 4 rings (SSSR count). The molecule has 0 bridgehead atoms. The third-order valence-corrected chi connectivity index (χ3v) is 8.78. The molecule has 11 nitrogen and oxygen atoms in total. The topological polar surface area (TPSA) is 148 Å². The number of rotatable bonds is 10. The molecule has 0 radical (unpaired) electrons. The summed E-state index contributed by atoms with van der Waals surface area (Å²) >= 11 is 0. The summed E-state index contributed by atoms with van der Waals surface area (Å²) in [6, 6.07) is 8.06. The fourth-order valence-corrected chi connectivity index (χ4v) is 6.74. The normalized spacial score (nSPS) is 13.2. The predicted octanol–water partition coefficient (Wildman–Crippen LogP) is 5.86. The minimum Gasteiger partial charge on any atom is -0.465 e. The molecular formula is C36H43NO10. The molecule has 0 saturated carbocycles. The second-order valence-electron chi connectivity index (χ2n) is 13.3. The summed E-state index contributed by atoms with van der Waals surface area (Å²) in [4.78, 5) is 72.0. The molecule has 0 fully saturated rings. The molecule has 1 heterocycles. The number of hydrogen-bond donors (Lipinski definition) is 0. The average molecular weight is 650 g/mol. The summed E-state index contributed by atoms with van der Waals surface area (Å²) in [5.41, 5.74) is -6.58. The Bertz CT molecular complexity index is 1720. The highest BCUT2D eigenvalue weighted by atomic mass is 16.6. The van der Waals surface area contributed by atoms with Gasteiger partial charge in [-0.3, -0.25) is 24.0 Å². The lowest BCUT2D eigenvalue weighted by Crippen LogP contribution is -2.57. The van der Waals surface area contributed by atoms with E-state index in [1.807, 2.05) is 0 Å². The Kier molecular flexibility index (Phi) is 9.45. The largest absolute Gasteiger partial charge is 0.465 e. The van der Waals surface area contributed by atoms with Crippen molar-refractivity contribution in [2.45, 2.75) is 80.1 Å². The van der Waals surface area contributed by atoms with Crippen molar-refractivity contribution in [1.82, 2.24) is 5.16 Å². The van der Waals surface area contributed by atoms with Crippen molar-refractivity contribution < 1.29 is 47.4 Å². The van der Waals surface area contributed by atoms with Gasteiger partial charge in [0, 0.05) is 22.3 Å². The number of carbonyl (C=O) groups excluding carboxylic acids is 5. The summed E-state index contributed by atoms with van der Waals surface area (Å²) in [5.74, 6) is -4.16. The number of fused-ring (bicyclic) bond motifs is 2. The van der Waals surface area contributed by atoms with Crippen molar-refractivity contribution in [2.24, 2.45) is 10.8 Å². The zero-order valence-electron chi connectivity index (χ0n) is 28.7. The first-order chi connectivity index (χ1) is 22.0. The molecule has 1 aromatic heterocycles. The third-order valence-electron chi connectivity index (χ3n) is 8.78. The van der Waals surface area contributed by atoms with Gasteiger partial charge in [0.2, 0.25) is 0 Å². The second kappa shape index (κ2) is 12.6. The first kappa shape index (κ1) is 35.3. The fraction of sp³-hybridized carbons (Fsp3) is 0.500. The van der Waals surface area contributed by atoms with Gasteiger partial charge in [0.1, 0.15) is 5.52 Å². The van der Waals surface area contributed by atoms with Crippen LogP contribution in [0.5, 0.6) is 0 Å². The number of ketones is 1. The maximum absolute atomic E-state index is 14.6. The maximum atomic E-state index is 14.6. The van der Waals surface area contributed by atoms with Crippen LogP contribution in [-0.2, 0) is 49.0 Å². The zero-order valence-corrected chi connectivity index (χ0v) is 28.7. The van der Waals surface area contributed by atoms with Gasteiger partial charge in [0.15, 0.2) is 22.4 Å². The number of aromatic nitrogens is 1. The van der Waals surface area contributed by atoms with E-state index in [2.05, 4.69) is 5.16 Å². The highest BCUT2D eigenvalue weighted by Crippen LogP contribution is 2.54. The lowest BCUT2D eigenvalue weighted by Gasteiger charge is -2.44. The molecule has 1 aliphatic rings. The van der Waals surface area contributed by atoms with Crippen LogP contribution < -0.4 is 0 Å². The number of hydrogen-bond acceptors (Lipinski definition) is 11. The smallest absolute Gasteiger partial charge is 0.328 e. The highest BCUT2D eigenvalue weighted by Gasteiger charge is 2.64. The van der Waals surface area contributed by atoms with E-state index in [1.165, 1.54) is 6.07 Å². The van der Waals surface area contributed by atoms with Gasteiger partial charge < -0.3 is 23.5 Å². The van der Waals surface area contributed by atoms with Gasteiger partial charge in [0.05, 0.1) is 31.8 Å². The summed E-state index contributed by atoms with van der Waals surface area (Å²) in [6.45, 7) is 16.0. The Labute approximate surface area is 274 Å². The van der Waals surface area contributed by atoms with Gasteiger partial charge in [-0.2, -0.15) is 0 Å². The van der Waals surface area contributed by atoms with Crippen molar-refractivity contribution >= 4 is 40.6 Å². The molecule has 0 aliphatic heterocycles. The van der Waals surface area contributed by atoms with Crippen LogP contribution in [0.25, 0.3) is 22.2 Å². The lowest BCUT2D eigenvalue weighted by molar-refractivity contribution is -0.172. The maximum Gasteiger partial charge on any atom is 0.328 e. The Morgan fingerprint density at radius 1 is 0.660 bits per heavy atom. The average Bonchev–Trinajstić information content (AvgIpc) is 3.42. The Hall–Kier alpha value is -4.54. The third kappa shape index (κ3) is 5.01. The van der Waals surface area contributed by atoms with Crippen LogP contribution in [0, 0.1) is 10.8 Å². The van der Waals surface area contributed by atoms with Gasteiger partial charge in [0.25, 0.3) is 0 Å². The van der Waals surface area contributed by atoms with E-state index in [1.54, 1.807) is 93.5 Å². The lowest BCUT2D eigenvalue weighted by atomic mass is 9.57. The Morgan fingerprint density at radius 3 is 1.47 bits per heavy atom. The Balaban J connectivity index is 2.42. The molecule has 11 heteroatoms. The highest BCUT2D eigenvalue weighted by molar-refractivity contribution is 6.28. The molecule has 3 aromatic rings. The van der Waals surface area contributed by atoms with Crippen LogP contribution in [0.1, 0.15) is 96.3 Å². The van der Waals surface area contributed by atoms with E-state index in [0.29, 0.717) is 5.56 Å². The number of benzene rings is 2. The molecule has 1 aliphatic carbocycles. The molecular weight excluding hydrogens is 606 g/mol. The van der Waals surface area contributed by atoms with Crippen molar-refractivity contribution in [3.63, 3.8) is 0 Å². The first-order valence-corrected chi connectivity index (χ1v) is 15.8. The fourth-order valence-electron chi connectivity index (χ4n) is 6.74. The van der Waals surface area contributed by atoms with Crippen LogP contribution >= 0.6 is 0 Å². The molecule has 252 valence electrons. The van der Waals surface area contributed by atoms with E-state index in [-0.39, 0.29) is 65.3 Å². The standard InChI is InChI=1S/C36H43NO10/c1-11-43-29(39)35(33(5,6)7,30(40)44-12-2)22-19-23(36(34(8,9)10,31(41)45-13-3)32(42)46-14-4)26-25-24(22)27(38)20-17-15-16-18-21(20)28(25)47-37-26/h15-19H,11-14H2,1-10H3. The molecule has 0 N–H and O–H groups in total. The predicted molar refractivity (Wildman–Crippen MR) is 172 cm³/mol. The van der Waals surface area contributed by atoms with E-state index < -0.39 is 51.3 Å². The van der Waals surface area contributed by atoms with Crippen molar-refractivity contribution in [2.75, 3.05) is 26.4 Å². The monoisotopic (exact) mass is 649 g/mol. The molecule has 2 aromatic carbocycles. The number of esters is 4. The van der Waals surface area contributed by atoms with Gasteiger partial charge in [-0.15, -0.1) is 0 Å². The SMILES string of the molecule is CCOC(=O)C(C(=O)OCC)(c1cc(C(C(=O)OCC)(C(=O)OCC)C(C)(C)C)c2noc3c2c1C(=O)c1ccccc1-3)C(C)(C)C. The molecule has 0 spiro atoms. The summed E-state index contributed by atoms with van der Waals surface area (Å²) in [6.07, 6.45) is 0. The summed E-state index contributed by atoms with van der Waals surface area (Å²) in [5, 5.41) is 4.49. The second-order valence-corrected chi connectivity index (χ2v) is 13.3. The van der Waals surface area contributed by atoms with Crippen molar-refractivity contribution in [3.8, 4) is 11.3 Å². The zero-order chi connectivity index (χ0) is 35.1. The molecule has 0 amide bonds. The molecule has 0 saturated heterocycles. The van der Waals surface area contributed by atoms with Crippen LogP contribution in [-0.4, -0.2) is 61.2 Å². The Morgan fingerprint density at radius 2 is 1.06 bits per heavy atom. The molecule has 0 atom stereocenters. The minimum absolute atomic E-state index is 0.00756. The van der Waals surface area contributed by atoms with Gasteiger partial charge in [-0.1, -0.05) is 71.0 Å². The first-order valence-electron chi connectivity index (χ1n) is 15.8. The van der Waals surface area contributed by atoms with Crippen LogP contribution in [0.2, 0.25) is 0 Å². The van der Waals surface area contributed by atoms with Gasteiger partial charge in [-0.05, 0) is 50.2 Å². The van der Waals surface area contributed by atoms with Crippen molar-refractivity contribution in [3.05, 3.63) is 52.6 Å². The van der Waals surface area contributed by atoms with E-state index in [9.17, 15) is 24.0 Å². The number of ether oxygens (including phenoxy) is 4. The van der Waals surface area contributed by atoms with E-state index >= 15 is 0 Å². The van der Waals surface area contributed by atoms with Crippen LogP contribution in [0.3, 0.4) is 0 Å². The van der Waals surface area contributed by atoms with Crippen LogP contribution in [0.4, 0.5) is 0 Å². The van der Waals surface area contributed by atoms with Gasteiger partial charge in [-0.25, -0.2) is 0 Å². The summed E-state index contributed by atoms with van der Waals surface area (Å²) in [7, 11) is 0. The van der Waals surface area contributed by atoms with Crippen molar-refractivity contribution in [1.29, 1.82) is 0 Å². The van der Waals surface area contributed by atoms with E-state index in [0.717, 1.165) is 0 Å². The minimum atomic E-state index is -2.28. The van der Waals surface area contributed by atoms with E-state index in [4.69, 9.17) is 23.5 Å². The van der Waals surface area contributed by atoms with Gasteiger partial charge >= 0.3 is 23.9 Å². The molecule has 0 unspecified atom stereocenters. The quantitative estimate of drug-likeness (QED) is 0.116. The number of nitrogens with zero attached hydrogens (tertiary/aromatic N) is 1. The summed E-state index contributed by atoms with van der Waals surface area (Å²) < 4.78 is 28.3. The molecule has 47 heavy (non-hydrogen) atoms. The number of carbonyl (C=O) groups is 5.